The molecule has 2 aliphatic heterocycles. The quantitative estimate of drug-likeness (QED) is 0.905. The number of benzene rings is 1. The van der Waals surface area contributed by atoms with Crippen molar-refractivity contribution in [1.29, 1.82) is 0 Å². The van der Waals surface area contributed by atoms with E-state index in [0.717, 1.165) is 25.4 Å². The third-order valence-corrected chi connectivity index (χ3v) is 5.08. The Morgan fingerprint density at radius 2 is 2.00 bits per heavy atom. The molecule has 0 spiro atoms. The molecule has 2 aliphatic rings. The smallest absolute Gasteiger partial charge is 0.119 e. The van der Waals surface area contributed by atoms with Gasteiger partial charge in [0.1, 0.15) is 5.75 Å². The first-order valence-electron chi connectivity index (χ1n) is 6.78. The summed E-state index contributed by atoms with van der Waals surface area (Å²) in [5, 5.41) is 3.37. The maximum atomic E-state index is 6.04. The summed E-state index contributed by atoms with van der Waals surface area (Å²) in [6, 6.07) is 6.52. The molecule has 0 atom stereocenters. The molecule has 0 unspecified atom stereocenters. The van der Waals surface area contributed by atoms with Gasteiger partial charge in [-0.05, 0) is 47.6 Å². The van der Waals surface area contributed by atoms with E-state index in [9.17, 15) is 0 Å². The molecular weight excluding hydrogens is 242 g/mol. The van der Waals surface area contributed by atoms with Gasteiger partial charge in [-0.2, -0.15) is 11.8 Å². The molecule has 0 amide bonds. The molecule has 1 aromatic rings. The van der Waals surface area contributed by atoms with Gasteiger partial charge in [-0.25, -0.2) is 0 Å². The lowest BCUT2D eigenvalue weighted by molar-refractivity contribution is 0.151. The monoisotopic (exact) mass is 263 g/mol. The second kappa shape index (κ2) is 5.14. The molecular formula is C15H21NOS. The Kier molecular flexibility index (Phi) is 3.53. The van der Waals surface area contributed by atoms with Crippen LogP contribution in [-0.2, 0) is 13.1 Å². The highest BCUT2D eigenvalue weighted by molar-refractivity contribution is 7.99. The average molecular weight is 263 g/mol. The zero-order valence-electron chi connectivity index (χ0n) is 11.0. The highest BCUT2D eigenvalue weighted by atomic mass is 32.2. The molecule has 2 nitrogen and oxygen atoms in total. The molecule has 1 saturated heterocycles. The fraction of sp³-hybridized carbons (Fsp3) is 0.600. The van der Waals surface area contributed by atoms with Gasteiger partial charge in [0.2, 0.25) is 0 Å². The lowest BCUT2D eigenvalue weighted by Gasteiger charge is -2.32. The van der Waals surface area contributed by atoms with Gasteiger partial charge < -0.3 is 10.1 Å². The summed E-state index contributed by atoms with van der Waals surface area (Å²) in [7, 11) is 0. The van der Waals surface area contributed by atoms with Gasteiger partial charge in [-0.15, -0.1) is 0 Å². The largest absolute Gasteiger partial charge is 0.493 e. The lowest BCUT2D eigenvalue weighted by Crippen LogP contribution is -2.29. The van der Waals surface area contributed by atoms with Gasteiger partial charge in [0, 0.05) is 18.5 Å². The van der Waals surface area contributed by atoms with Crippen molar-refractivity contribution in [2.75, 3.05) is 18.1 Å². The minimum absolute atomic E-state index is 0.377. The van der Waals surface area contributed by atoms with Crippen LogP contribution in [0.15, 0.2) is 18.2 Å². The summed E-state index contributed by atoms with van der Waals surface area (Å²) in [5.41, 5.74) is 3.20. The van der Waals surface area contributed by atoms with Crippen molar-refractivity contribution in [3.8, 4) is 5.75 Å². The maximum absolute atomic E-state index is 6.04. The summed E-state index contributed by atoms with van der Waals surface area (Å²) >= 11 is 2.07. The van der Waals surface area contributed by atoms with Crippen LogP contribution >= 0.6 is 11.8 Å². The van der Waals surface area contributed by atoms with Crippen LogP contribution in [0.4, 0.5) is 0 Å². The minimum Gasteiger partial charge on any atom is -0.493 e. The molecule has 1 fully saturated rings. The van der Waals surface area contributed by atoms with Crippen LogP contribution < -0.4 is 10.1 Å². The highest BCUT2D eigenvalue weighted by Crippen LogP contribution is 2.35. The van der Waals surface area contributed by atoms with Crippen LogP contribution in [0.2, 0.25) is 0 Å². The van der Waals surface area contributed by atoms with Crippen molar-refractivity contribution < 1.29 is 4.74 Å². The van der Waals surface area contributed by atoms with Crippen LogP contribution in [-0.4, -0.2) is 18.1 Å². The van der Waals surface area contributed by atoms with Crippen molar-refractivity contribution in [2.45, 2.75) is 32.9 Å². The predicted molar refractivity (Wildman–Crippen MR) is 77.1 cm³/mol. The molecule has 1 N–H and O–H groups in total. The Morgan fingerprint density at radius 1 is 1.22 bits per heavy atom. The van der Waals surface area contributed by atoms with E-state index in [1.165, 1.54) is 35.5 Å². The number of hydrogen-bond donors (Lipinski definition) is 1. The first-order chi connectivity index (χ1) is 8.75. The van der Waals surface area contributed by atoms with Crippen molar-refractivity contribution in [3.05, 3.63) is 29.3 Å². The van der Waals surface area contributed by atoms with Gasteiger partial charge in [0.25, 0.3) is 0 Å². The van der Waals surface area contributed by atoms with Crippen LogP contribution in [0, 0.1) is 5.41 Å². The SMILES string of the molecule is CC1(COc2ccc3c(c2)CNC3)CCSCC1. The van der Waals surface area contributed by atoms with Gasteiger partial charge in [-0.3, -0.25) is 0 Å². The van der Waals surface area contributed by atoms with Crippen molar-refractivity contribution in [3.63, 3.8) is 0 Å². The summed E-state index contributed by atoms with van der Waals surface area (Å²) in [4.78, 5) is 0. The van der Waals surface area contributed by atoms with Gasteiger partial charge in [0.05, 0.1) is 6.61 Å². The molecule has 2 heterocycles. The fourth-order valence-electron chi connectivity index (χ4n) is 2.63. The standard InChI is InChI=1S/C15H21NOS/c1-15(4-6-18-7-5-15)11-17-14-3-2-12-9-16-10-13(12)8-14/h2-3,8,16H,4-7,9-11H2,1H3. The van der Waals surface area contributed by atoms with E-state index < -0.39 is 0 Å². The fourth-order valence-corrected chi connectivity index (χ4v) is 4.11. The van der Waals surface area contributed by atoms with E-state index in [-0.39, 0.29) is 0 Å². The molecule has 98 valence electrons. The number of rotatable bonds is 3. The second-order valence-electron chi connectivity index (χ2n) is 5.75. The maximum Gasteiger partial charge on any atom is 0.119 e. The Morgan fingerprint density at radius 3 is 2.83 bits per heavy atom. The van der Waals surface area contributed by atoms with Crippen LogP contribution in [0.3, 0.4) is 0 Å². The van der Waals surface area contributed by atoms with E-state index in [4.69, 9.17) is 4.74 Å². The summed E-state index contributed by atoms with van der Waals surface area (Å²) < 4.78 is 6.04. The van der Waals surface area contributed by atoms with Crippen LogP contribution in [0.5, 0.6) is 5.75 Å². The zero-order valence-corrected chi connectivity index (χ0v) is 11.8. The third-order valence-electron chi connectivity index (χ3n) is 4.10. The van der Waals surface area contributed by atoms with E-state index >= 15 is 0 Å². The molecule has 0 saturated carbocycles. The molecule has 0 radical (unpaired) electrons. The predicted octanol–water partition coefficient (Wildman–Crippen LogP) is 3.20. The number of thioether (sulfide) groups is 1. The molecule has 0 bridgehead atoms. The van der Waals surface area contributed by atoms with Crippen LogP contribution in [0.25, 0.3) is 0 Å². The normalized spacial score (nSPS) is 21.6. The third kappa shape index (κ3) is 2.67. The Balaban J connectivity index is 1.62. The number of hydrogen-bond acceptors (Lipinski definition) is 3. The van der Waals surface area contributed by atoms with Gasteiger partial charge in [0.15, 0.2) is 0 Å². The molecule has 3 heteroatoms. The van der Waals surface area contributed by atoms with E-state index in [2.05, 4.69) is 42.2 Å². The average Bonchev–Trinajstić information content (AvgIpc) is 2.85. The van der Waals surface area contributed by atoms with E-state index in [0.29, 0.717) is 5.41 Å². The number of fused-ring (bicyclic) bond motifs is 1. The summed E-state index contributed by atoms with van der Waals surface area (Å²) in [5.74, 6) is 3.61. The molecule has 1 aromatic carbocycles. The summed E-state index contributed by atoms with van der Waals surface area (Å²) in [6.45, 7) is 5.21. The van der Waals surface area contributed by atoms with E-state index in [1.54, 1.807) is 0 Å². The second-order valence-corrected chi connectivity index (χ2v) is 6.97. The molecule has 18 heavy (non-hydrogen) atoms. The van der Waals surface area contributed by atoms with Crippen molar-refractivity contribution >= 4 is 11.8 Å². The van der Waals surface area contributed by atoms with Gasteiger partial charge in [-0.1, -0.05) is 13.0 Å². The van der Waals surface area contributed by atoms with Crippen molar-refractivity contribution in [1.82, 2.24) is 5.32 Å². The zero-order chi connectivity index (χ0) is 12.4. The van der Waals surface area contributed by atoms with E-state index in [1.807, 2.05) is 0 Å². The molecule has 3 rings (SSSR count). The Labute approximate surface area is 113 Å². The first-order valence-corrected chi connectivity index (χ1v) is 7.94. The number of nitrogens with one attached hydrogen (secondary N) is 1. The molecule has 0 aliphatic carbocycles. The lowest BCUT2D eigenvalue weighted by atomic mass is 9.85. The molecule has 0 aromatic heterocycles. The minimum atomic E-state index is 0.377. The highest BCUT2D eigenvalue weighted by Gasteiger charge is 2.28. The Bertz CT molecular complexity index is 427. The summed E-state index contributed by atoms with van der Waals surface area (Å²) in [6.07, 6.45) is 2.56. The van der Waals surface area contributed by atoms with Gasteiger partial charge >= 0.3 is 0 Å². The van der Waals surface area contributed by atoms with Crippen molar-refractivity contribution in [2.24, 2.45) is 5.41 Å². The number of ether oxygens (including phenoxy) is 1. The topological polar surface area (TPSA) is 21.3 Å². The Hall–Kier alpha value is -0.670. The first kappa shape index (κ1) is 12.4. The van der Waals surface area contributed by atoms with Crippen LogP contribution in [0.1, 0.15) is 30.9 Å².